The van der Waals surface area contributed by atoms with Crippen LogP contribution in [0.25, 0.3) is 0 Å². The zero-order valence-electron chi connectivity index (χ0n) is 13.0. The molecule has 2 aromatic carbocycles. The van der Waals surface area contributed by atoms with Gasteiger partial charge in [-0.05, 0) is 44.5 Å². The Hall–Kier alpha value is -1.80. The van der Waals surface area contributed by atoms with Crippen molar-refractivity contribution in [3.05, 3.63) is 64.7 Å². The number of hydrogen-bond donors (Lipinski definition) is 1. The van der Waals surface area contributed by atoms with Crippen LogP contribution in [0, 0.1) is 19.8 Å². The standard InChI is InChI=1S/C19H23NO/c1-13-8-14(2)10-16(9-13)19(20-3)17-11-15-6-4-5-7-18(15)21-12-17/h4-10,17,19-20H,11-12H2,1-3H3. The second-order valence-corrected chi connectivity index (χ2v) is 6.07. The summed E-state index contributed by atoms with van der Waals surface area (Å²) in [6.45, 7) is 5.10. The van der Waals surface area contributed by atoms with Gasteiger partial charge in [-0.25, -0.2) is 0 Å². The SMILES string of the molecule is CNC(c1cc(C)cc(C)c1)C1COc2ccccc2C1. The van der Waals surface area contributed by atoms with E-state index in [4.69, 9.17) is 4.74 Å². The minimum absolute atomic E-state index is 0.331. The average Bonchev–Trinajstić information content (AvgIpc) is 2.47. The first kappa shape index (κ1) is 14.2. The molecule has 2 atom stereocenters. The summed E-state index contributed by atoms with van der Waals surface area (Å²) in [5.74, 6) is 1.51. The largest absolute Gasteiger partial charge is 0.493 e. The molecule has 2 aromatic rings. The Labute approximate surface area is 127 Å². The molecule has 0 saturated heterocycles. The first-order valence-corrected chi connectivity index (χ1v) is 7.63. The van der Waals surface area contributed by atoms with Gasteiger partial charge >= 0.3 is 0 Å². The van der Waals surface area contributed by atoms with Gasteiger partial charge in [0, 0.05) is 12.0 Å². The van der Waals surface area contributed by atoms with Crippen LogP contribution in [0.3, 0.4) is 0 Å². The monoisotopic (exact) mass is 281 g/mol. The lowest BCUT2D eigenvalue weighted by Gasteiger charge is -2.32. The van der Waals surface area contributed by atoms with E-state index in [-0.39, 0.29) is 0 Å². The lowest BCUT2D eigenvalue weighted by atomic mass is 9.85. The summed E-state index contributed by atoms with van der Waals surface area (Å²) in [4.78, 5) is 0. The molecule has 1 N–H and O–H groups in total. The third-order valence-electron chi connectivity index (χ3n) is 4.29. The highest BCUT2D eigenvalue weighted by Crippen LogP contribution is 2.33. The van der Waals surface area contributed by atoms with Gasteiger partial charge in [0.1, 0.15) is 5.75 Å². The van der Waals surface area contributed by atoms with Gasteiger partial charge in [0.15, 0.2) is 0 Å². The molecule has 1 aliphatic heterocycles. The lowest BCUT2D eigenvalue weighted by molar-refractivity contribution is 0.188. The number of fused-ring (bicyclic) bond motifs is 1. The maximum atomic E-state index is 5.96. The van der Waals surface area contributed by atoms with Crippen LogP contribution in [0.1, 0.15) is 28.3 Å². The maximum absolute atomic E-state index is 5.96. The van der Waals surface area contributed by atoms with Crippen molar-refractivity contribution in [1.29, 1.82) is 0 Å². The Morgan fingerprint density at radius 1 is 1.10 bits per heavy atom. The molecule has 2 unspecified atom stereocenters. The predicted molar refractivity (Wildman–Crippen MR) is 86.8 cm³/mol. The lowest BCUT2D eigenvalue weighted by Crippen LogP contribution is -2.33. The molecule has 21 heavy (non-hydrogen) atoms. The van der Waals surface area contributed by atoms with E-state index in [0.717, 1.165) is 18.8 Å². The van der Waals surface area contributed by atoms with E-state index in [1.54, 1.807) is 0 Å². The van der Waals surface area contributed by atoms with Crippen molar-refractivity contribution < 1.29 is 4.74 Å². The molecule has 0 aliphatic carbocycles. The van der Waals surface area contributed by atoms with E-state index < -0.39 is 0 Å². The highest BCUT2D eigenvalue weighted by Gasteiger charge is 2.27. The molecule has 1 aliphatic rings. The number of ether oxygens (including phenoxy) is 1. The quantitative estimate of drug-likeness (QED) is 0.923. The van der Waals surface area contributed by atoms with Gasteiger partial charge in [0.05, 0.1) is 6.61 Å². The van der Waals surface area contributed by atoms with E-state index in [1.165, 1.54) is 22.3 Å². The number of hydrogen-bond acceptors (Lipinski definition) is 2. The number of nitrogens with one attached hydrogen (secondary N) is 1. The van der Waals surface area contributed by atoms with E-state index in [1.807, 2.05) is 13.1 Å². The van der Waals surface area contributed by atoms with Crippen molar-refractivity contribution in [1.82, 2.24) is 5.32 Å². The van der Waals surface area contributed by atoms with Crippen LogP contribution in [0.15, 0.2) is 42.5 Å². The van der Waals surface area contributed by atoms with Gasteiger partial charge in [-0.2, -0.15) is 0 Å². The van der Waals surface area contributed by atoms with Crippen LogP contribution in [-0.4, -0.2) is 13.7 Å². The van der Waals surface area contributed by atoms with E-state index in [9.17, 15) is 0 Å². The molecule has 0 bridgehead atoms. The minimum atomic E-state index is 0.331. The highest BCUT2D eigenvalue weighted by atomic mass is 16.5. The molecule has 3 rings (SSSR count). The first-order valence-electron chi connectivity index (χ1n) is 7.63. The third kappa shape index (κ3) is 2.96. The van der Waals surface area contributed by atoms with Crippen LogP contribution < -0.4 is 10.1 Å². The van der Waals surface area contributed by atoms with Crippen molar-refractivity contribution in [2.45, 2.75) is 26.3 Å². The summed E-state index contributed by atoms with van der Waals surface area (Å²) in [5, 5.41) is 3.49. The van der Waals surface area contributed by atoms with Crippen LogP contribution >= 0.6 is 0 Å². The normalized spacial score (nSPS) is 18.7. The molecule has 1 heterocycles. The molecule has 0 fully saturated rings. The van der Waals surface area contributed by atoms with Gasteiger partial charge in [-0.3, -0.25) is 0 Å². The molecule has 0 saturated carbocycles. The molecule has 0 spiro atoms. The van der Waals surface area contributed by atoms with Crippen molar-refractivity contribution >= 4 is 0 Å². The fourth-order valence-corrected chi connectivity index (χ4v) is 3.43. The summed E-state index contributed by atoms with van der Waals surface area (Å²) >= 11 is 0. The minimum Gasteiger partial charge on any atom is -0.493 e. The number of aryl methyl sites for hydroxylation is 2. The van der Waals surface area contributed by atoms with Gasteiger partial charge in [-0.15, -0.1) is 0 Å². The second-order valence-electron chi connectivity index (χ2n) is 6.07. The fourth-order valence-electron chi connectivity index (χ4n) is 3.43. The first-order chi connectivity index (χ1) is 10.2. The molecule has 0 amide bonds. The predicted octanol–water partition coefficient (Wildman–Crippen LogP) is 3.82. The van der Waals surface area contributed by atoms with Crippen LogP contribution in [0.2, 0.25) is 0 Å². The second kappa shape index (κ2) is 5.90. The van der Waals surface area contributed by atoms with E-state index >= 15 is 0 Å². The van der Waals surface area contributed by atoms with Crippen LogP contribution in [-0.2, 0) is 6.42 Å². The molecular weight excluding hydrogens is 258 g/mol. The third-order valence-corrected chi connectivity index (χ3v) is 4.29. The van der Waals surface area contributed by atoms with Crippen molar-refractivity contribution in [2.24, 2.45) is 5.92 Å². The number of para-hydroxylation sites is 1. The molecule has 2 nitrogen and oxygen atoms in total. The molecule has 2 heteroatoms. The fraction of sp³-hybridized carbons (Fsp3) is 0.368. The Kier molecular flexibility index (Phi) is 3.98. The molecular formula is C19H23NO. The topological polar surface area (TPSA) is 21.3 Å². The van der Waals surface area contributed by atoms with Crippen molar-refractivity contribution in [2.75, 3.05) is 13.7 Å². The Bertz CT molecular complexity index is 615. The highest BCUT2D eigenvalue weighted by molar-refractivity contribution is 5.37. The Balaban J connectivity index is 1.88. The Morgan fingerprint density at radius 2 is 1.81 bits per heavy atom. The number of benzene rings is 2. The van der Waals surface area contributed by atoms with Crippen molar-refractivity contribution in [3.63, 3.8) is 0 Å². The van der Waals surface area contributed by atoms with Gasteiger partial charge in [0.25, 0.3) is 0 Å². The van der Waals surface area contributed by atoms with Gasteiger partial charge in [-0.1, -0.05) is 47.5 Å². The van der Waals surface area contributed by atoms with E-state index in [0.29, 0.717) is 12.0 Å². The zero-order chi connectivity index (χ0) is 14.8. The average molecular weight is 281 g/mol. The van der Waals surface area contributed by atoms with Gasteiger partial charge in [0.2, 0.25) is 0 Å². The van der Waals surface area contributed by atoms with E-state index in [2.05, 4.69) is 55.6 Å². The molecule has 0 radical (unpaired) electrons. The van der Waals surface area contributed by atoms with Crippen LogP contribution in [0.4, 0.5) is 0 Å². The summed E-state index contributed by atoms with van der Waals surface area (Å²) in [6.07, 6.45) is 1.06. The molecule has 0 aromatic heterocycles. The van der Waals surface area contributed by atoms with Crippen molar-refractivity contribution in [3.8, 4) is 5.75 Å². The zero-order valence-corrected chi connectivity index (χ0v) is 13.0. The summed E-state index contributed by atoms with van der Waals surface area (Å²) in [5.41, 5.74) is 5.33. The summed E-state index contributed by atoms with van der Waals surface area (Å²) < 4.78 is 5.96. The van der Waals surface area contributed by atoms with Crippen LogP contribution in [0.5, 0.6) is 5.75 Å². The summed E-state index contributed by atoms with van der Waals surface area (Å²) in [6, 6.07) is 15.5. The maximum Gasteiger partial charge on any atom is 0.122 e. The Morgan fingerprint density at radius 3 is 2.52 bits per heavy atom. The summed E-state index contributed by atoms with van der Waals surface area (Å²) in [7, 11) is 2.04. The molecule has 110 valence electrons. The number of rotatable bonds is 3. The van der Waals surface area contributed by atoms with Gasteiger partial charge < -0.3 is 10.1 Å². The smallest absolute Gasteiger partial charge is 0.122 e.